The Morgan fingerprint density at radius 1 is 0.958 bits per heavy atom. The van der Waals surface area contributed by atoms with Crippen molar-refractivity contribution in [2.45, 2.75) is 0 Å². The lowest BCUT2D eigenvalue weighted by molar-refractivity contribution is 0.102. The van der Waals surface area contributed by atoms with Gasteiger partial charge in [-0.2, -0.15) is 0 Å². The van der Waals surface area contributed by atoms with Crippen molar-refractivity contribution in [3.05, 3.63) is 74.6 Å². The normalized spacial score (nSPS) is 10.8. The molecule has 0 fully saturated rings. The standard InChI is InChI=1S/C17H14FN3O3/c1-20-13-7-6-12(9-14(13)21(2)17(24)16(20)23)19-15(22)10-4-3-5-11(18)8-10/h3-9H,1-2H3,(H,19,22). The maximum Gasteiger partial charge on any atom is 0.316 e. The Morgan fingerprint density at radius 2 is 1.62 bits per heavy atom. The highest BCUT2D eigenvalue weighted by atomic mass is 19.1. The number of amides is 1. The average molecular weight is 327 g/mol. The smallest absolute Gasteiger partial charge is 0.316 e. The average Bonchev–Trinajstić information content (AvgIpc) is 2.58. The summed E-state index contributed by atoms with van der Waals surface area (Å²) in [5.74, 6) is -0.970. The number of halogens is 1. The fraction of sp³-hybridized carbons (Fsp3) is 0.118. The van der Waals surface area contributed by atoms with E-state index in [1.807, 2.05) is 0 Å². The maximum atomic E-state index is 13.2. The minimum Gasteiger partial charge on any atom is -0.322 e. The molecule has 0 unspecified atom stereocenters. The summed E-state index contributed by atoms with van der Waals surface area (Å²) in [5.41, 5.74) is 0.403. The molecule has 1 aromatic heterocycles. The highest BCUT2D eigenvalue weighted by molar-refractivity contribution is 6.04. The van der Waals surface area contributed by atoms with Gasteiger partial charge < -0.3 is 14.5 Å². The number of rotatable bonds is 2. The Morgan fingerprint density at radius 3 is 2.29 bits per heavy atom. The van der Waals surface area contributed by atoms with Gasteiger partial charge in [0.15, 0.2) is 0 Å². The van der Waals surface area contributed by atoms with Crippen LogP contribution < -0.4 is 16.4 Å². The Bertz CT molecular complexity index is 1080. The van der Waals surface area contributed by atoms with Gasteiger partial charge in [0, 0.05) is 25.3 Å². The molecule has 122 valence electrons. The summed E-state index contributed by atoms with van der Waals surface area (Å²) in [6, 6.07) is 10.2. The third-order valence-electron chi connectivity index (χ3n) is 3.84. The third-order valence-corrected chi connectivity index (χ3v) is 3.84. The van der Waals surface area contributed by atoms with E-state index in [2.05, 4.69) is 5.32 Å². The maximum absolute atomic E-state index is 13.2. The number of nitrogens with one attached hydrogen (secondary N) is 1. The van der Waals surface area contributed by atoms with Crippen LogP contribution in [0.25, 0.3) is 11.0 Å². The van der Waals surface area contributed by atoms with Crippen molar-refractivity contribution < 1.29 is 9.18 Å². The van der Waals surface area contributed by atoms with Crippen LogP contribution in [0.1, 0.15) is 10.4 Å². The van der Waals surface area contributed by atoms with E-state index in [1.54, 1.807) is 18.2 Å². The number of aromatic nitrogens is 2. The summed E-state index contributed by atoms with van der Waals surface area (Å²) in [7, 11) is 3.00. The zero-order chi connectivity index (χ0) is 17.4. The van der Waals surface area contributed by atoms with E-state index < -0.39 is 22.8 Å². The second kappa shape index (κ2) is 5.77. The SMILES string of the molecule is Cn1c(=O)c(=O)n(C)c2cc(NC(=O)c3cccc(F)c3)ccc21. The predicted molar refractivity (Wildman–Crippen MR) is 88.8 cm³/mol. The first kappa shape index (κ1) is 15.7. The van der Waals surface area contributed by atoms with Crippen LogP contribution in [0.2, 0.25) is 0 Å². The van der Waals surface area contributed by atoms with Gasteiger partial charge in [-0.1, -0.05) is 6.07 Å². The molecule has 24 heavy (non-hydrogen) atoms. The highest BCUT2D eigenvalue weighted by Crippen LogP contribution is 2.17. The number of carbonyl (C=O) groups excluding carboxylic acids is 1. The topological polar surface area (TPSA) is 73.1 Å². The van der Waals surface area contributed by atoms with Crippen LogP contribution in [-0.4, -0.2) is 15.0 Å². The first-order chi connectivity index (χ1) is 11.4. The second-order valence-corrected chi connectivity index (χ2v) is 5.40. The Labute approximate surface area is 135 Å². The minimum atomic E-state index is -0.654. The lowest BCUT2D eigenvalue weighted by Crippen LogP contribution is -2.39. The van der Waals surface area contributed by atoms with Gasteiger partial charge in [0.2, 0.25) is 0 Å². The lowest BCUT2D eigenvalue weighted by atomic mass is 10.2. The molecule has 0 aliphatic heterocycles. The zero-order valence-electron chi connectivity index (χ0n) is 13.0. The first-order valence-electron chi connectivity index (χ1n) is 7.15. The third kappa shape index (κ3) is 2.60. The summed E-state index contributed by atoms with van der Waals surface area (Å²) >= 11 is 0. The van der Waals surface area contributed by atoms with E-state index in [0.29, 0.717) is 16.7 Å². The van der Waals surface area contributed by atoms with E-state index in [-0.39, 0.29) is 5.56 Å². The molecular formula is C17H14FN3O3. The summed E-state index contributed by atoms with van der Waals surface area (Å²) in [6.45, 7) is 0. The number of anilines is 1. The van der Waals surface area contributed by atoms with Gasteiger partial charge in [0.25, 0.3) is 5.91 Å². The molecule has 0 aliphatic carbocycles. The molecule has 6 nitrogen and oxygen atoms in total. The van der Waals surface area contributed by atoms with E-state index in [9.17, 15) is 18.8 Å². The number of aryl methyl sites for hydroxylation is 2. The summed E-state index contributed by atoms with van der Waals surface area (Å²) < 4.78 is 15.7. The van der Waals surface area contributed by atoms with E-state index in [4.69, 9.17) is 0 Å². The van der Waals surface area contributed by atoms with Crippen LogP contribution in [0.15, 0.2) is 52.1 Å². The molecule has 1 heterocycles. The second-order valence-electron chi connectivity index (χ2n) is 5.40. The lowest BCUT2D eigenvalue weighted by Gasteiger charge is -2.11. The molecule has 0 radical (unpaired) electrons. The van der Waals surface area contributed by atoms with Gasteiger partial charge in [-0.25, -0.2) is 4.39 Å². The molecule has 0 atom stereocenters. The van der Waals surface area contributed by atoms with Crippen molar-refractivity contribution in [1.29, 1.82) is 0 Å². The number of carbonyl (C=O) groups is 1. The molecule has 1 amide bonds. The fourth-order valence-corrected chi connectivity index (χ4v) is 2.49. The van der Waals surface area contributed by atoms with Crippen LogP contribution >= 0.6 is 0 Å². The van der Waals surface area contributed by atoms with Gasteiger partial charge in [0.1, 0.15) is 5.82 Å². The number of hydrogen-bond donors (Lipinski definition) is 1. The van der Waals surface area contributed by atoms with Gasteiger partial charge in [0.05, 0.1) is 11.0 Å². The minimum absolute atomic E-state index is 0.185. The van der Waals surface area contributed by atoms with Crippen molar-refractivity contribution in [3.63, 3.8) is 0 Å². The molecule has 3 aromatic rings. The molecule has 7 heteroatoms. The van der Waals surface area contributed by atoms with Crippen LogP contribution in [0, 0.1) is 5.82 Å². The Kier molecular flexibility index (Phi) is 3.76. The largest absolute Gasteiger partial charge is 0.322 e. The molecule has 2 aromatic carbocycles. The van der Waals surface area contributed by atoms with Gasteiger partial charge >= 0.3 is 11.1 Å². The molecule has 1 N–H and O–H groups in total. The molecule has 3 rings (SSSR count). The van der Waals surface area contributed by atoms with Crippen molar-refractivity contribution in [3.8, 4) is 0 Å². The summed E-state index contributed by atoms with van der Waals surface area (Å²) in [5, 5.41) is 2.65. The van der Waals surface area contributed by atoms with Crippen LogP contribution in [-0.2, 0) is 14.1 Å². The molecule has 0 aliphatic rings. The number of hydrogen-bond acceptors (Lipinski definition) is 3. The zero-order valence-corrected chi connectivity index (χ0v) is 13.0. The Balaban J connectivity index is 2.04. The van der Waals surface area contributed by atoms with Crippen molar-refractivity contribution >= 4 is 22.6 Å². The molecule has 0 spiro atoms. The molecular weight excluding hydrogens is 313 g/mol. The highest BCUT2D eigenvalue weighted by Gasteiger charge is 2.11. The number of benzene rings is 2. The van der Waals surface area contributed by atoms with E-state index in [0.717, 1.165) is 6.07 Å². The quantitative estimate of drug-likeness (QED) is 0.727. The van der Waals surface area contributed by atoms with E-state index in [1.165, 1.54) is 41.4 Å². The number of nitrogens with zero attached hydrogens (tertiary/aromatic N) is 2. The predicted octanol–water partition coefficient (Wildman–Crippen LogP) is 1.63. The van der Waals surface area contributed by atoms with Crippen molar-refractivity contribution in [2.24, 2.45) is 14.1 Å². The molecule has 0 saturated carbocycles. The molecule has 0 saturated heterocycles. The first-order valence-corrected chi connectivity index (χ1v) is 7.15. The van der Waals surface area contributed by atoms with Crippen molar-refractivity contribution in [1.82, 2.24) is 9.13 Å². The summed E-state index contributed by atoms with van der Waals surface area (Å²) in [6.07, 6.45) is 0. The molecule has 0 bridgehead atoms. The number of fused-ring (bicyclic) bond motifs is 1. The fourth-order valence-electron chi connectivity index (χ4n) is 2.49. The Hall–Kier alpha value is -3.22. The van der Waals surface area contributed by atoms with Gasteiger partial charge in [-0.3, -0.25) is 14.4 Å². The van der Waals surface area contributed by atoms with Crippen molar-refractivity contribution in [2.75, 3.05) is 5.32 Å². The van der Waals surface area contributed by atoms with Crippen LogP contribution in [0.5, 0.6) is 0 Å². The summed E-state index contributed by atoms with van der Waals surface area (Å²) in [4.78, 5) is 35.9. The monoisotopic (exact) mass is 327 g/mol. The van der Waals surface area contributed by atoms with Gasteiger partial charge in [-0.05, 0) is 36.4 Å². The van der Waals surface area contributed by atoms with Crippen LogP contribution in [0.3, 0.4) is 0 Å². The van der Waals surface area contributed by atoms with Crippen LogP contribution in [0.4, 0.5) is 10.1 Å². The van der Waals surface area contributed by atoms with Gasteiger partial charge in [-0.15, -0.1) is 0 Å². The van der Waals surface area contributed by atoms with E-state index >= 15 is 0 Å².